The van der Waals surface area contributed by atoms with E-state index in [9.17, 15) is 19.2 Å². The lowest BCUT2D eigenvalue weighted by atomic mass is 10.1. The first-order chi connectivity index (χ1) is 35.0. The largest absolute Gasteiger partial charge is 0.352 e. The lowest BCUT2D eigenvalue weighted by Gasteiger charge is -2.10. The first-order valence-electron chi connectivity index (χ1n) is 24.7. The highest BCUT2D eigenvalue weighted by atomic mass is 16.2. The van der Waals surface area contributed by atoms with E-state index in [2.05, 4.69) is 146 Å². The zero-order valence-electron chi connectivity index (χ0n) is 41.4. The number of hydrogen-bond acceptors (Lipinski definition) is 5. The molecule has 0 atom stereocenters. The maximum absolute atomic E-state index is 12.8. The van der Waals surface area contributed by atoms with E-state index < -0.39 is 18.0 Å². The Bertz CT molecular complexity index is 2840. The van der Waals surface area contributed by atoms with Crippen molar-refractivity contribution in [3.63, 3.8) is 0 Å². The number of imidazole rings is 4. The summed E-state index contributed by atoms with van der Waals surface area (Å²) < 4.78 is 16.7. The molecular weight excluding hydrogens is 911 g/mol. The van der Waals surface area contributed by atoms with Crippen molar-refractivity contribution in [2.75, 3.05) is 26.2 Å². The first-order valence-corrected chi connectivity index (χ1v) is 24.7. The van der Waals surface area contributed by atoms with E-state index >= 15 is 0 Å². The van der Waals surface area contributed by atoms with Crippen molar-refractivity contribution >= 4 is 29.8 Å². The molecule has 0 saturated carbocycles. The molecule has 0 aliphatic heterocycles. The van der Waals surface area contributed by atoms with Crippen LogP contribution in [0.2, 0.25) is 0 Å². The van der Waals surface area contributed by atoms with E-state index in [1.807, 2.05) is 59.8 Å². The molecule has 3 aromatic carbocycles. The van der Waals surface area contributed by atoms with Crippen LogP contribution >= 0.6 is 0 Å². The Morgan fingerprint density at radius 3 is 1.14 bits per heavy atom. The van der Waals surface area contributed by atoms with Gasteiger partial charge in [0, 0.05) is 63.0 Å². The minimum Gasteiger partial charge on any atom is -0.352 e. The summed E-state index contributed by atoms with van der Waals surface area (Å²) in [6, 6.07) is 23.0. The minimum atomic E-state index is -0.556. The summed E-state index contributed by atoms with van der Waals surface area (Å²) in [5.74, 6) is -0.719. The van der Waals surface area contributed by atoms with E-state index in [0.717, 1.165) is 65.0 Å². The van der Waals surface area contributed by atoms with Gasteiger partial charge in [0.2, 0.25) is 31.3 Å². The Morgan fingerprint density at radius 2 is 0.792 bits per heavy atom. The Morgan fingerprint density at radius 1 is 0.458 bits per heavy atom. The third-order valence-corrected chi connectivity index (χ3v) is 12.0. The zero-order valence-corrected chi connectivity index (χ0v) is 41.4. The van der Waals surface area contributed by atoms with Gasteiger partial charge in [0.25, 0.3) is 11.8 Å². The van der Waals surface area contributed by atoms with Gasteiger partial charge >= 0.3 is 12.1 Å². The number of carbonyl (C=O) groups is 4. The molecule has 7 rings (SSSR count). The average Bonchev–Trinajstić information content (AvgIpc) is 4.22. The lowest BCUT2D eigenvalue weighted by molar-refractivity contribution is -0.688. The normalized spacial score (nSPS) is 11.0. The van der Waals surface area contributed by atoms with Gasteiger partial charge in [-0.3, -0.25) is 25.6 Å². The van der Waals surface area contributed by atoms with Crippen LogP contribution in [-0.4, -0.2) is 74.3 Å². The van der Waals surface area contributed by atoms with Crippen LogP contribution in [0.1, 0.15) is 75.6 Å². The minimum absolute atomic E-state index is 0.155. The maximum atomic E-state index is 12.8. The monoisotopic (exact) mass is 980 g/mol. The molecule has 19 nitrogen and oxygen atoms in total. The number of nitrogens with zero attached hydrogens (tertiary/aromatic N) is 8. The van der Waals surface area contributed by atoms with Crippen LogP contribution in [0.25, 0.3) is 0 Å². The Kier molecular flexibility index (Phi) is 19.0. The summed E-state index contributed by atoms with van der Waals surface area (Å²) >= 11 is 0. The van der Waals surface area contributed by atoms with Crippen molar-refractivity contribution < 1.29 is 37.4 Å². The summed E-state index contributed by atoms with van der Waals surface area (Å²) in [5, 5.41) is 23.9. The smallest absolute Gasteiger partial charge is 0.321 e. The molecule has 0 aliphatic rings. The third kappa shape index (κ3) is 17.0. The highest BCUT2D eigenvalue weighted by Gasteiger charge is 2.13. The lowest BCUT2D eigenvalue weighted by Crippen LogP contribution is -2.50. The van der Waals surface area contributed by atoms with Crippen LogP contribution in [0.3, 0.4) is 0 Å². The predicted octanol–water partition coefficient (Wildman–Crippen LogP) is 2.94. The molecule has 6 amide bonds. The number of nitrogens with one attached hydrogen (secondary N) is 7. The Labute approximate surface area is 420 Å². The number of aryl methyl sites for hydroxylation is 6. The van der Waals surface area contributed by atoms with Crippen LogP contribution in [0.15, 0.2) is 148 Å². The molecule has 0 bridgehead atoms. The molecule has 0 fully saturated rings. The van der Waals surface area contributed by atoms with Gasteiger partial charge in [-0.1, -0.05) is 55.5 Å². The molecule has 4 heterocycles. The van der Waals surface area contributed by atoms with Crippen molar-refractivity contribution in [2.45, 2.75) is 84.8 Å². The number of hydrogen-bond donors (Lipinski definition) is 7. The van der Waals surface area contributed by atoms with Gasteiger partial charge in [-0.05, 0) is 52.9 Å². The van der Waals surface area contributed by atoms with Crippen LogP contribution in [0, 0.1) is 5.41 Å². The molecule has 0 aliphatic carbocycles. The molecular formula is C53H69N15O4+4. The number of amides is 6. The number of rotatable bonds is 25. The van der Waals surface area contributed by atoms with E-state index in [1.54, 1.807) is 24.3 Å². The van der Waals surface area contributed by atoms with Gasteiger partial charge < -0.3 is 21.3 Å². The summed E-state index contributed by atoms with van der Waals surface area (Å²) in [5.41, 5.74) is 6.01. The Balaban J connectivity index is 0.711. The van der Waals surface area contributed by atoms with Crippen molar-refractivity contribution in [3.8, 4) is 0 Å². The number of aromatic nitrogens is 8. The van der Waals surface area contributed by atoms with E-state index in [4.69, 9.17) is 5.41 Å². The van der Waals surface area contributed by atoms with Crippen LogP contribution in [0.5, 0.6) is 0 Å². The van der Waals surface area contributed by atoms with Gasteiger partial charge in [0.15, 0.2) is 0 Å². The van der Waals surface area contributed by atoms with Crippen LogP contribution < -0.4 is 50.2 Å². The van der Waals surface area contributed by atoms with E-state index in [-0.39, 0.29) is 11.8 Å². The quantitative estimate of drug-likeness (QED) is 0.0200. The topological polar surface area (TPSA) is 200 Å². The molecule has 72 heavy (non-hydrogen) atoms. The molecule has 0 radical (unpaired) electrons. The predicted molar refractivity (Wildman–Crippen MR) is 269 cm³/mol. The van der Waals surface area contributed by atoms with Gasteiger partial charge in [-0.25, -0.2) is 46.1 Å². The van der Waals surface area contributed by atoms with Gasteiger partial charge in [-0.2, -0.15) is 0 Å². The number of urea groups is 2. The summed E-state index contributed by atoms with van der Waals surface area (Å²) in [6.45, 7) is 9.35. The second kappa shape index (κ2) is 26.6. The molecule has 376 valence electrons. The molecule has 19 heteroatoms. The molecule has 7 aromatic rings. The zero-order chi connectivity index (χ0) is 50.5. The fourth-order valence-corrected chi connectivity index (χ4v) is 8.07. The van der Waals surface area contributed by atoms with Crippen molar-refractivity contribution in [1.82, 2.24) is 50.2 Å². The summed E-state index contributed by atoms with van der Waals surface area (Å²) in [4.78, 5) is 49.9. The first kappa shape index (κ1) is 51.5. The molecule has 7 N–H and O–H groups in total. The van der Waals surface area contributed by atoms with Crippen LogP contribution in [-0.2, 0) is 59.3 Å². The molecule has 0 saturated heterocycles. The summed E-state index contributed by atoms with van der Waals surface area (Å²) in [7, 11) is 1.94. The second-order valence-corrected chi connectivity index (χ2v) is 17.9. The standard InChI is InChI=1S/C53H65N15O4/c1-3-43-8-10-44(11-9-43)36-66-33-30-63(40-66)25-4-20-55-49(69)47-16-18-48(19-17-47)50(70)56-21-5-26-64-31-34-67(41-64)37-45-12-14-46(15-13-45)38-68-35-32-65(42-68)27-7-23-58-53(72)60-51(54)59-52(71)57-22-6-24-62-29-28-61(2)39-62/h8-19,28-35,39-42H,3-7,20-27,36-38H2,1-2H3,(H3-4,54,55,56,57,58,59,60,69,70,71,72)/p+4. The molecule has 4 aromatic heterocycles. The highest BCUT2D eigenvalue weighted by Crippen LogP contribution is 2.08. The summed E-state index contributed by atoms with van der Waals surface area (Å²) in [6.07, 6.45) is 28.3. The number of carbonyl (C=O) groups excluding carboxylic acids is 4. The van der Waals surface area contributed by atoms with Gasteiger partial charge in [0.05, 0.1) is 33.2 Å². The van der Waals surface area contributed by atoms with Crippen molar-refractivity contribution in [2.24, 2.45) is 7.05 Å². The number of benzene rings is 3. The highest BCUT2D eigenvalue weighted by molar-refractivity contribution is 6.02. The SMILES string of the molecule is CCc1ccc(C[n+]2ccn(CCCNC(=O)c3ccc(C(=O)NCCCn4cc[n+](Cc5ccc(C[n+]6ccn(CCCNC(=O)NC(=N)NC(=O)NCCCn7cc[n+](C)c7)c6)cc5)c4)cc3)c2)cc1. The van der Waals surface area contributed by atoms with E-state index in [0.29, 0.717) is 50.3 Å². The average molecular weight is 980 g/mol. The maximum Gasteiger partial charge on any atom is 0.321 e. The fraction of sp³-hybridized carbons (Fsp3) is 0.340. The fourth-order valence-electron chi connectivity index (χ4n) is 8.07. The molecule has 0 spiro atoms. The van der Waals surface area contributed by atoms with Gasteiger partial charge in [-0.15, -0.1) is 0 Å². The second-order valence-electron chi connectivity index (χ2n) is 17.9. The number of guanidine groups is 1. The van der Waals surface area contributed by atoms with E-state index in [1.165, 1.54) is 22.3 Å². The Hall–Kier alpha value is -8.35. The third-order valence-electron chi connectivity index (χ3n) is 12.0. The van der Waals surface area contributed by atoms with Gasteiger partial charge in [0.1, 0.15) is 69.2 Å². The van der Waals surface area contributed by atoms with Crippen molar-refractivity contribution in [3.05, 3.63) is 181 Å². The van der Waals surface area contributed by atoms with Crippen molar-refractivity contribution in [1.29, 1.82) is 5.41 Å². The molecule has 0 unspecified atom stereocenters. The van der Waals surface area contributed by atoms with Crippen LogP contribution in [0.4, 0.5) is 9.59 Å².